The molecule has 0 radical (unpaired) electrons. The van der Waals surface area contributed by atoms with Gasteiger partial charge in [-0.2, -0.15) is 0 Å². The lowest BCUT2D eigenvalue weighted by Gasteiger charge is -2.34. The summed E-state index contributed by atoms with van der Waals surface area (Å²) < 4.78 is 12.0. The molecule has 1 aliphatic rings. The summed E-state index contributed by atoms with van der Waals surface area (Å²) in [5, 5.41) is 9.90. The van der Waals surface area contributed by atoms with Crippen LogP contribution in [0.25, 0.3) is 0 Å². The Morgan fingerprint density at radius 3 is 2.47 bits per heavy atom. The summed E-state index contributed by atoms with van der Waals surface area (Å²) in [6, 6.07) is 24.4. The molecule has 0 saturated heterocycles. The third-order valence-electron chi connectivity index (χ3n) is 5.64. The van der Waals surface area contributed by atoms with Crippen LogP contribution < -0.4 is 9.47 Å². The Bertz CT molecular complexity index is 954. The molecular weight excluding hydrogens is 374 g/mol. The van der Waals surface area contributed by atoms with Crippen LogP contribution in [-0.4, -0.2) is 43.9 Å². The van der Waals surface area contributed by atoms with E-state index in [0.29, 0.717) is 13.2 Å². The Morgan fingerprint density at radius 1 is 0.967 bits per heavy atom. The fourth-order valence-electron chi connectivity index (χ4n) is 4.14. The van der Waals surface area contributed by atoms with Crippen molar-refractivity contribution in [3.63, 3.8) is 0 Å². The van der Waals surface area contributed by atoms with E-state index in [-0.39, 0.29) is 17.6 Å². The maximum Gasteiger partial charge on any atom is 0.126 e. The Morgan fingerprint density at radius 2 is 1.73 bits per heavy atom. The van der Waals surface area contributed by atoms with Gasteiger partial charge in [-0.25, -0.2) is 0 Å². The first-order chi connectivity index (χ1) is 14.6. The van der Waals surface area contributed by atoms with Crippen LogP contribution in [0.4, 0.5) is 0 Å². The van der Waals surface area contributed by atoms with Crippen LogP contribution in [0.15, 0.2) is 72.8 Å². The van der Waals surface area contributed by atoms with Crippen LogP contribution in [0.2, 0.25) is 0 Å². The van der Waals surface area contributed by atoms with Crippen molar-refractivity contribution in [1.82, 2.24) is 4.90 Å². The van der Waals surface area contributed by atoms with E-state index < -0.39 is 0 Å². The minimum absolute atomic E-state index is 0.152. The maximum absolute atomic E-state index is 9.90. The highest BCUT2D eigenvalue weighted by molar-refractivity contribution is 5.50. The van der Waals surface area contributed by atoms with Gasteiger partial charge in [-0.3, -0.25) is 0 Å². The van der Waals surface area contributed by atoms with E-state index in [1.807, 2.05) is 12.1 Å². The first-order valence-corrected chi connectivity index (χ1v) is 10.5. The predicted octanol–water partition coefficient (Wildman–Crippen LogP) is 5.03. The SMILES string of the molecule is CN(C)CCCOc1ccc([C@H]2c3ccc(O)cc3OC[C@H]2c2ccccc2)cc1. The zero-order valence-electron chi connectivity index (χ0n) is 17.6. The van der Waals surface area contributed by atoms with Gasteiger partial charge in [0.1, 0.15) is 17.2 Å². The number of rotatable bonds is 7. The van der Waals surface area contributed by atoms with Gasteiger partial charge >= 0.3 is 0 Å². The Balaban J connectivity index is 1.60. The van der Waals surface area contributed by atoms with Crippen LogP contribution in [0.1, 0.15) is 34.9 Å². The van der Waals surface area contributed by atoms with Crippen LogP contribution in [0.5, 0.6) is 17.2 Å². The second-order valence-electron chi connectivity index (χ2n) is 8.10. The second-order valence-corrected chi connectivity index (χ2v) is 8.10. The average molecular weight is 404 g/mol. The van der Waals surface area contributed by atoms with Gasteiger partial charge < -0.3 is 19.5 Å². The van der Waals surface area contributed by atoms with Gasteiger partial charge in [-0.15, -0.1) is 0 Å². The largest absolute Gasteiger partial charge is 0.508 e. The molecule has 3 aromatic carbocycles. The van der Waals surface area contributed by atoms with Crippen molar-refractivity contribution in [1.29, 1.82) is 0 Å². The third-order valence-corrected chi connectivity index (χ3v) is 5.64. The standard InChI is InChI=1S/C26H29NO3/c1-27(2)15-6-16-29-22-12-9-20(10-13-22)26-23-14-11-21(28)17-25(23)30-18-24(26)19-7-4-3-5-8-19/h3-5,7-14,17,24,26,28H,6,15-16,18H2,1-2H3/t24-,26-/m0/s1. The smallest absolute Gasteiger partial charge is 0.126 e. The van der Waals surface area contributed by atoms with Crippen LogP contribution in [0, 0.1) is 0 Å². The van der Waals surface area contributed by atoms with Gasteiger partial charge in [0.15, 0.2) is 0 Å². The summed E-state index contributed by atoms with van der Waals surface area (Å²) in [6.45, 7) is 2.31. The lowest BCUT2D eigenvalue weighted by atomic mass is 9.76. The Hall–Kier alpha value is -2.98. The molecule has 0 spiro atoms. The molecule has 0 aliphatic carbocycles. The number of fused-ring (bicyclic) bond motifs is 1. The van der Waals surface area contributed by atoms with E-state index in [0.717, 1.165) is 30.0 Å². The van der Waals surface area contributed by atoms with Gasteiger partial charge in [0.05, 0.1) is 13.2 Å². The van der Waals surface area contributed by atoms with Gasteiger partial charge in [0.25, 0.3) is 0 Å². The van der Waals surface area contributed by atoms with Crippen molar-refractivity contribution in [3.05, 3.63) is 89.5 Å². The highest BCUT2D eigenvalue weighted by Crippen LogP contribution is 2.47. The summed E-state index contributed by atoms with van der Waals surface area (Å²) in [7, 11) is 4.15. The topological polar surface area (TPSA) is 41.9 Å². The van der Waals surface area contributed by atoms with E-state index in [2.05, 4.69) is 67.5 Å². The van der Waals surface area contributed by atoms with E-state index in [1.165, 1.54) is 11.1 Å². The molecule has 0 unspecified atom stereocenters. The molecule has 2 atom stereocenters. The maximum atomic E-state index is 9.90. The summed E-state index contributed by atoms with van der Waals surface area (Å²) in [4.78, 5) is 2.16. The number of phenols is 1. The number of phenolic OH excluding ortho intramolecular Hbond substituents is 1. The fourth-order valence-corrected chi connectivity index (χ4v) is 4.14. The van der Waals surface area contributed by atoms with Gasteiger partial charge in [-0.1, -0.05) is 48.5 Å². The van der Waals surface area contributed by atoms with Crippen molar-refractivity contribution in [2.24, 2.45) is 0 Å². The second kappa shape index (κ2) is 9.23. The Kier molecular flexibility index (Phi) is 6.24. The molecule has 1 N–H and O–H groups in total. The van der Waals surface area contributed by atoms with Crippen molar-refractivity contribution in [2.75, 3.05) is 33.9 Å². The van der Waals surface area contributed by atoms with Crippen molar-refractivity contribution in [3.8, 4) is 17.2 Å². The van der Waals surface area contributed by atoms with Crippen molar-refractivity contribution < 1.29 is 14.6 Å². The summed E-state index contributed by atoms with van der Waals surface area (Å²) in [6.07, 6.45) is 1.00. The summed E-state index contributed by atoms with van der Waals surface area (Å²) in [5.41, 5.74) is 3.58. The molecule has 0 saturated carbocycles. The molecule has 4 heteroatoms. The molecular formula is C26H29NO3. The predicted molar refractivity (Wildman–Crippen MR) is 120 cm³/mol. The van der Waals surface area contributed by atoms with Crippen molar-refractivity contribution >= 4 is 0 Å². The molecule has 0 aromatic heterocycles. The van der Waals surface area contributed by atoms with Gasteiger partial charge in [0.2, 0.25) is 0 Å². The average Bonchev–Trinajstić information content (AvgIpc) is 2.77. The minimum atomic E-state index is 0.152. The summed E-state index contributed by atoms with van der Waals surface area (Å²) in [5.74, 6) is 2.24. The number of aromatic hydroxyl groups is 1. The molecule has 156 valence electrons. The van der Waals surface area contributed by atoms with Crippen LogP contribution in [0.3, 0.4) is 0 Å². The zero-order chi connectivity index (χ0) is 20.9. The van der Waals surface area contributed by atoms with Crippen LogP contribution in [-0.2, 0) is 0 Å². The van der Waals surface area contributed by atoms with Crippen molar-refractivity contribution in [2.45, 2.75) is 18.3 Å². The minimum Gasteiger partial charge on any atom is -0.508 e. The molecule has 0 fully saturated rings. The number of hydrogen-bond acceptors (Lipinski definition) is 4. The molecule has 1 aliphatic heterocycles. The first kappa shape index (κ1) is 20.3. The first-order valence-electron chi connectivity index (χ1n) is 10.5. The fraction of sp³-hybridized carbons (Fsp3) is 0.308. The van der Waals surface area contributed by atoms with Gasteiger partial charge in [0, 0.05) is 30.0 Å². The quantitative estimate of drug-likeness (QED) is 0.562. The van der Waals surface area contributed by atoms with E-state index in [9.17, 15) is 5.11 Å². The Labute approximate surface area is 178 Å². The van der Waals surface area contributed by atoms with E-state index in [4.69, 9.17) is 9.47 Å². The molecule has 1 heterocycles. The summed E-state index contributed by atoms with van der Waals surface area (Å²) >= 11 is 0. The molecule has 0 bridgehead atoms. The number of hydrogen-bond donors (Lipinski definition) is 1. The zero-order valence-corrected chi connectivity index (χ0v) is 17.6. The van der Waals surface area contributed by atoms with Crippen LogP contribution >= 0.6 is 0 Å². The molecule has 30 heavy (non-hydrogen) atoms. The number of ether oxygens (including phenoxy) is 2. The molecule has 3 aromatic rings. The molecule has 4 nitrogen and oxygen atoms in total. The number of nitrogens with zero attached hydrogens (tertiary/aromatic N) is 1. The highest BCUT2D eigenvalue weighted by atomic mass is 16.5. The third kappa shape index (κ3) is 4.60. The molecule has 4 rings (SSSR count). The normalized spacial score (nSPS) is 18.0. The number of benzene rings is 3. The highest BCUT2D eigenvalue weighted by Gasteiger charge is 2.33. The lowest BCUT2D eigenvalue weighted by Crippen LogP contribution is -2.25. The van der Waals surface area contributed by atoms with Gasteiger partial charge in [-0.05, 0) is 49.8 Å². The lowest BCUT2D eigenvalue weighted by molar-refractivity contribution is 0.247. The monoisotopic (exact) mass is 403 g/mol. The molecule has 0 amide bonds. The van der Waals surface area contributed by atoms with E-state index >= 15 is 0 Å². The van der Waals surface area contributed by atoms with E-state index in [1.54, 1.807) is 12.1 Å².